The van der Waals surface area contributed by atoms with Crippen molar-refractivity contribution in [1.29, 1.82) is 0 Å². The van der Waals surface area contributed by atoms with Gasteiger partial charge >= 0.3 is 12.1 Å². The van der Waals surface area contributed by atoms with Crippen molar-refractivity contribution in [2.24, 2.45) is 0 Å². The van der Waals surface area contributed by atoms with E-state index in [1.807, 2.05) is 42.5 Å². The molecule has 5 nitrogen and oxygen atoms in total. The summed E-state index contributed by atoms with van der Waals surface area (Å²) in [7, 11) is 0. The van der Waals surface area contributed by atoms with Crippen LogP contribution in [0.1, 0.15) is 39.2 Å². The molecule has 0 unspecified atom stereocenters. The van der Waals surface area contributed by atoms with Crippen LogP contribution in [0.2, 0.25) is 0 Å². The van der Waals surface area contributed by atoms with Gasteiger partial charge in [-0.3, -0.25) is 4.79 Å². The van der Waals surface area contributed by atoms with Crippen molar-refractivity contribution in [3.05, 3.63) is 42.0 Å². The lowest BCUT2D eigenvalue weighted by molar-refractivity contribution is -0.137. The van der Waals surface area contributed by atoms with Gasteiger partial charge in [-0.2, -0.15) is 0 Å². The Kier molecular flexibility index (Phi) is 6.63. The first-order valence-electron chi connectivity index (χ1n) is 7.19. The third kappa shape index (κ3) is 8.09. The Balaban J connectivity index is 2.59. The molecule has 0 heterocycles. The van der Waals surface area contributed by atoms with Crippen molar-refractivity contribution >= 4 is 18.1 Å². The number of amides is 1. The maximum atomic E-state index is 11.7. The van der Waals surface area contributed by atoms with Gasteiger partial charge in [0.2, 0.25) is 0 Å². The van der Waals surface area contributed by atoms with Crippen molar-refractivity contribution in [1.82, 2.24) is 5.32 Å². The number of hydrogen-bond acceptors (Lipinski definition) is 3. The molecule has 1 amide bonds. The fourth-order valence-corrected chi connectivity index (χ4v) is 1.81. The molecule has 0 spiro atoms. The Hall–Kier alpha value is -2.30. The third-order valence-corrected chi connectivity index (χ3v) is 2.67. The first-order chi connectivity index (χ1) is 10.3. The molecule has 1 aromatic rings. The number of nitrogens with one attached hydrogen (secondary N) is 1. The predicted molar refractivity (Wildman–Crippen MR) is 85.5 cm³/mol. The van der Waals surface area contributed by atoms with E-state index in [1.165, 1.54) is 0 Å². The minimum absolute atomic E-state index is 0.154. The molecule has 0 radical (unpaired) electrons. The standard InChI is InChI=1S/C17H23NO4/c1-17(2,3)22-16(21)18-14(12-15(19)20)11-7-10-13-8-5-4-6-9-13/h4-10,14H,11-12H2,1-3H3,(H,18,21)(H,19,20)/b10-7+/t14-/m1/s1. The average molecular weight is 305 g/mol. The van der Waals surface area contributed by atoms with Gasteiger partial charge in [-0.15, -0.1) is 0 Å². The minimum Gasteiger partial charge on any atom is -0.481 e. The van der Waals surface area contributed by atoms with E-state index in [2.05, 4.69) is 5.32 Å². The van der Waals surface area contributed by atoms with Gasteiger partial charge in [0.05, 0.1) is 6.42 Å². The molecule has 0 fully saturated rings. The minimum atomic E-state index is -0.964. The molecule has 0 aliphatic rings. The maximum Gasteiger partial charge on any atom is 0.407 e. The van der Waals surface area contributed by atoms with Crippen LogP contribution in [0.15, 0.2) is 36.4 Å². The summed E-state index contributed by atoms with van der Waals surface area (Å²) in [5, 5.41) is 11.5. The fourth-order valence-electron chi connectivity index (χ4n) is 1.81. The zero-order chi connectivity index (χ0) is 16.6. The second-order valence-electron chi connectivity index (χ2n) is 5.99. The Bertz CT molecular complexity index is 517. The van der Waals surface area contributed by atoms with E-state index in [9.17, 15) is 9.59 Å². The summed E-state index contributed by atoms with van der Waals surface area (Å²) in [6.07, 6.45) is 3.40. The van der Waals surface area contributed by atoms with Crippen LogP contribution in [-0.4, -0.2) is 28.8 Å². The highest BCUT2D eigenvalue weighted by Crippen LogP contribution is 2.09. The summed E-state index contributed by atoms with van der Waals surface area (Å²) in [4.78, 5) is 22.6. The van der Waals surface area contributed by atoms with Crippen LogP contribution in [0.3, 0.4) is 0 Å². The second kappa shape index (κ2) is 8.22. The fraction of sp³-hybridized carbons (Fsp3) is 0.412. The van der Waals surface area contributed by atoms with Crippen LogP contribution in [0, 0.1) is 0 Å². The number of ether oxygens (including phenoxy) is 1. The molecule has 1 atom stereocenters. The molecule has 0 aromatic heterocycles. The molecular formula is C17H23NO4. The van der Waals surface area contributed by atoms with Gasteiger partial charge < -0.3 is 15.2 Å². The highest BCUT2D eigenvalue weighted by atomic mass is 16.6. The molecule has 1 rings (SSSR count). The van der Waals surface area contributed by atoms with E-state index in [0.29, 0.717) is 6.42 Å². The van der Waals surface area contributed by atoms with Crippen LogP contribution >= 0.6 is 0 Å². The zero-order valence-corrected chi connectivity index (χ0v) is 13.2. The Morgan fingerprint density at radius 3 is 2.45 bits per heavy atom. The Morgan fingerprint density at radius 2 is 1.91 bits per heavy atom. The number of benzene rings is 1. The highest BCUT2D eigenvalue weighted by Gasteiger charge is 2.20. The van der Waals surface area contributed by atoms with Crippen molar-refractivity contribution < 1.29 is 19.4 Å². The monoisotopic (exact) mass is 305 g/mol. The molecule has 5 heteroatoms. The molecule has 0 saturated heterocycles. The van der Waals surface area contributed by atoms with Gasteiger partial charge in [-0.05, 0) is 32.8 Å². The van der Waals surface area contributed by atoms with Gasteiger partial charge in [-0.25, -0.2) is 4.79 Å². The first kappa shape index (κ1) is 17.8. The smallest absolute Gasteiger partial charge is 0.407 e. The molecular weight excluding hydrogens is 282 g/mol. The number of carboxylic acids is 1. The number of rotatable bonds is 6. The Labute approximate surface area is 131 Å². The lowest BCUT2D eigenvalue weighted by Gasteiger charge is -2.22. The van der Waals surface area contributed by atoms with Gasteiger partial charge in [0.25, 0.3) is 0 Å². The largest absolute Gasteiger partial charge is 0.481 e. The van der Waals surface area contributed by atoms with Gasteiger partial charge in [0.1, 0.15) is 5.60 Å². The summed E-state index contributed by atoms with van der Waals surface area (Å²) < 4.78 is 5.15. The number of carboxylic acid groups (broad SMARTS) is 1. The lowest BCUT2D eigenvalue weighted by Crippen LogP contribution is -2.40. The molecule has 0 bridgehead atoms. The topological polar surface area (TPSA) is 75.6 Å². The number of aliphatic carboxylic acids is 1. The van der Waals surface area contributed by atoms with Crippen molar-refractivity contribution in [3.8, 4) is 0 Å². The summed E-state index contributed by atoms with van der Waals surface area (Å²) >= 11 is 0. The van der Waals surface area contributed by atoms with Gasteiger partial charge in [0.15, 0.2) is 0 Å². The molecule has 0 aliphatic heterocycles. The van der Waals surface area contributed by atoms with Crippen LogP contribution in [0.4, 0.5) is 4.79 Å². The van der Waals surface area contributed by atoms with Crippen LogP contribution < -0.4 is 5.32 Å². The SMILES string of the molecule is CC(C)(C)OC(=O)N[C@H](C/C=C/c1ccccc1)CC(=O)O. The van der Waals surface area contributed by atoms with E-state index >= 15 is 0 Å². The first-order valence-corrected chi connectivity index (χ1v) is 7.19. The predicted octanol–water partition coefficient (Wildman–Crippen LogP) is 3.46. The van der Waals surface area contributed by atoms with Crippen molar-refractivity contribution in [2.75, 3.05) is 0 Å². The summed E-state index contributed by atoms with van der Waals surface area (Å²) in [6, 6.07) is 9.16. The molecule has 2 N–H and O–H groups in total. The number of hydrogen-bond donors (Lipinski definition) is 2. The summed E-state index contributed by atoms with van der Waals surface area (Å²) in [6.45, 7) is 5.27. The van der Waals surface area contributed by atoms with E-state index in [4.69, 9.17) is 9.84 Å². The molecule has 0 saturated carbocycles. The van der Waals surface area contributed by atoms with Gasteiger partial charge in [-0.1, -0.05) is 42.5 Å². The molecule has 1 aromatic carbocycles. The number of alkyl carbamates (subject to hydrolysis) is 1. The maximum absolute atomic E-state index is 11.7. The lowest BCUT2D eigenvalue weighted by atomic mass is 10.1. The normalized spacial score (nSPS) is 12.9. The van der Waals surface area contributed by atoms with Gasteiger partial charge in [0, 0.05) is 6.04 Å². The van der Waals surface area contributed by atoms with Crippen molar-refractivity contribution in [2.45, 2.75) is 45.3 Å². The highest BCUT2D eigenvalue weighted by molar-refractivity contribution is 5.71. The van der Waals surface area contributed by atoms with E-state index in [-0.39, 0.29) is 6.42 Å². The molecule has 120 valence electrons. The number of carbonyl (C=O) groups is 2. The van der Waals surface area contributed by atoms with E-state index < -0.39 is 23.7 Å². The zero-order valence-electron chi connectivity index (χ0n) is 13.2. The second-order valence-corrected chi connectivity index (χ2v) is 5.99. The van der Waals surface area contributed by atoms with Crippen LogP contribution in [-0.2, 0) is 9.53 Å². The average Bonchev–Trinajstić information content (AvgIpc) is 2.36. The number of carbonyl (C=O) groups excluding carboxylic acids is 1. The van der Waals surface area contributed by atoms with E-state index in [1.54, 1.807) is 20.8 Å². The molecule has 0 aliphatic carbocycles. The molecule has 22 heavy (non-hydrogen) atoms. The summed E-state index contributed by atoms with van der Waals surface area (Å²) in [5.74, 6) is -0.964. The quantitative estimate of drug-likeness (QED) is 0.844. The third-order valence-electron chi connectivity index (χ3n) is 2.67. The van der Waals surface area contributed by atoms with Crippen LogP contribution in [0.25, 0.3) is 6.08 Å². The van der Waals surface area contributed by atoms with Crippen molar-refractivity contribution in [3.63, 3.8) is 0 Å². The van der Waals surface area contributed by atoms with Crippen LogP contribution in [0.5, 0.6) is 0 Å². The summed E-state index contributed by atoms with van der Waals surface area (Å²) in [5.41, 5.74) is 0.409. The Morgan fingerprint density at radius 1 is 1.27 bits per heavy atom. The van der Waals surface area contributed by atoms with E-state index in [0.717, 1.165) is 5.56 Å².